The highest BCUT2D eigenvalue weighted by atomic mass is 35.5. The van der Waals surface area contributed by atoms with Crippen LogP contribution in [0.4, 0.5) is 0 Å². The number of hydrogen-bond donors (Lipinski definition) is 1. The third-order valence-electron chi connectivity index (χ3n) is 4.50. The zero-order valence-electron chi connectivity index (χ0n) is 16.6. The monoisotopic (exact) mass is 418 g/mol. The van der Waals surface area contributed by atoms with E-state index in [1.54, 1.807) is 30.6 Å². The summed E-state index contributed by atoms with van der Waals surface area (Å²) in [5.74, 6) is 0.671. The lowest BCUT2D eigenvalue weighted by Gasteiger charge is -2.28. The van der Waals surface area contributed by atoms with Crippen molar-refractivity contribution in [3.63, 3.8) is 0 Å². The molecule has 1 unspecified atom stereocenters. The van der Waals surface area contributed by atoms with Crippen LogP contribution in [-0.2, 0) is 16.1 Å². The summed E-state index contributed by atoms with van der Waals surface area (Å²) in [6, 6.07) is 15.2. The molecule has 0 aliphatic rings. The number of likely N-dealkylation sites (N-methyl/N-ethyl adjacent to an activating group) is 1. The van der Waals surface area contributed by atoms with Gasteiger partial charge >= 0.3 is 0 Å². The van der Waals surface area contributed by atoms with Crippen molar-refractivity contribution < 1.29 is 9.59 Å². The minimum absolute atomic E-state index is 0.00613. The van der Waals surface area contributed by atoms with E-state index in [0.717, 1.165) is 27.7 Å². The van der Waals surface area contributed by atoms with Crippen LogP contribution in [0.1, 0.15) is 30.9 Å². The first kappa shape index (κ1) is 22.3. The molecule has 6 heteroatoms. The molecule has 0 aliphatic carbocycles. The summed E-state index contributed by atoms with van der Waals surface area (Å²) in [7, 11) is 1.59. The summed E-state index contributed by atoms with van der Waals surface area (Å²) < 4.78 is 0. The number of hydrogen-bond acceptors (Lipinski definition) is 3. The zero-order valence-corrected chi connectivity index (χ0v) is 18.1. The minimum atomic E-state index is -0.511. The van der Waals surface area contributed by atoms with E-state index in [2.05, 4.69) is 5.32 Å². The number of aryl methyl sites for hydroxylation is 1. The van der Waals surface area contributed by atoms with Gasteiger partial charge in [0.2, 0.25) is 11.8 Å². The highest BCUT2D eigenvalue weighted by Crippen LogP contribution is 2.22. The molecule has 0 saturated carbocycles. The van der Waals surface area contributed by atoms with Gasteiger partial charge < -0.3 is 10.2 Å². The third-order valence-corrected chi connectivity index (χ3v) is 5.85. The molecule has 1 atom stereocenters. The molecule has 2 aromatic carbocycles. The van der Waals surface area contributed by atoms with Gasteiger partial charge in [0.05, 0.1) is 0 Å². The van der Waals surface area contributed by atoms with Gasteiger partial charge in [0, 0.05) is 29.9 Å². The van der Waals surface area contributed by atoms with E-state index >= 15 is 0 Å². The second-order valence-corrected chi connectivity index (χ2v) is 8.31. The molecule has 28 heavy (non-hydrogen) atoms. The van der Waals surface area contributed by atoms with Gasteiger partial charge in [0.1, 0.15) is 6.04 Å². The molecule has 0 radical (unpaired) electrons. The van der Waals surface area contributed by atoms with Crippen molar-refractivity contribution in [2.75, 3.05) is 12.8 Å². The minimum Gasteiger partial charge on any atom is -0.357 e. The first-order chi connectivity index (χ1) is 13.4. The molecular formula is C22H27ClN2O2S. The molecule has 2 amide bonds. The maximum absolute atomic E-state index is 12.9. The molecule has 0 aliphatic heterocycles. The molecule has 150 valence electrons. The lowest BCUT2D eigenvalue weighted by atomic mass is 10.1. The number of benzene rings is 2. The Morgan fingerprint density at radius 2 is 1.75 bits per heavy atom. The SMILES string of the molecule is CNC(=O)C(C)N(Cc1ccc(C)cc1)C(=O)CCCSc1ccc(Cl)cc1. The molecule has 4 nitrogen and oxygen atoms in total. The van der Waals surface area contributed by atoms with Crippen LogP contribution >= 0.6 is 23.4 Å². The van der Waals surface area contributed by atoms with E-state index in [4.69, 9.17) is 11.6 Å². The van der Waals surface area contributed by atoms with Gasteiger partial charge in [-0.3, -0.25) is 9.59 Å². The van der Waals surface area contributed by atoms with Crippen molar-refractivity contribution in [3.05, 3.63) is 64.7 Å². The summed E-state index contributed by atoms with van der Waals surface area (Å²) in [5, 5.41) is 3.36. The van der Waals surface area contributed by atoms with Gasteiger partial charge in [0.15, 0.2) is 0 Å². The summed E-state index contributed by atoms with van der Waals surface area (Å²) in [6.45, 7) is 4.23. The van der Waals surface area contributed by atoms with Crippen molar-refractivity contribution in [1.29, 1.82) is 0 Å². The molecular weight excluding hydrogens is 392 g/mol. The fourth-order valence-corrected chi connectivity index (χ4v) is 3.75. The van der Waals surface area contributed by atoms with Gasteiger partial charge in [0.25, 0.3) is 0 Å². The molecule has 0 heterocycles. The first-order valence-corrected chi connectivity index (χ1v) is 10.7. The fraction of sp³-hybridized carbons (Fsp3) is 0.364. The van der Waals surface area contributed by atoms with Crippen molar-refractivity contribution in [2.24, 2.45) is 0 Å². The second-order valence-electron chi connectivity index (χ2n) is 6.70. The fourth-order valence-electron chi connectivity index (χ4n) is 2.77. The largest absolute Gasteiger partial charge is 0.357 e. The summed E-state index contributed by atoms with van der Waals surface area (Å²) in [6.07, 6.45) is 1.16. The van der Waals surface area contributed by atoms with Crippen molar-refractivity contribution >= 4 is 35.2 Å². The Morgan fingerprint density at radius 1 is 1.11 bits per heavy atom. The molecule has 0 fully saturated rings. The molecule has 2 aromatic rings. The summed E-state index contributed by atoms with van der Waals surface area (Å²) >= 11 is 7.60. The van der Waals surface area contributed by atoms with Crippen molar-refractivity contribution in [1.82, 2.24) is 10.2 Å². The van der Waals surface area contributed by atoms with Gasteiger partial charge in [-0.05, 0) is 55.9 Å². The van der Waals surface area contributed by atoms with Crippen LogP contribution in [0.25, 0.3) is 0 Å². The number of thioether (sulfide) groups is 1. The Kier molecular flexibility index (Phi) is 8.87. The number of halogens is 1. The summed E-state index contributed by atoms with van der Waals surface area (Å²) in [4.78, 5) is 27.8. The Balaban J connectivity index is 1.94. The molecule has 0 bridgehead atoms. The van der Waals surface area contributed by atoms with E-state index in [1.807, 2.05) is 55.5 Å². The quantitative estimate of drug-likeness (QED) is 0.475. The Hall–Kier alpha value is -1.98. The molecule has 0 spiro atoms. The number of rotatable bonds is 9. The van der Waals surface area contributed by atoms with Crippen LogP contribution in [0.2, 0.25) is 5.02 Å². The second kappa shape index (κ2) is 11.1. The van der Waals surface area contributed by atoms with E-state index in [9.17, 15) is 9.59 Å². The van der Waals surface area contributed by atoms with Crippen LogP contribution in [0.15, 0.2) is 53.4 Å². The van der Waals surface area contributed by atoms with Gasteiger partial charge in [-0.1, -0.05) is 41.4 Å². The standard InChI is InChI=1S/C22H27ClN2O2S/c1-16-6-8-18(9-7-16)15-25(17(2)22(27)24-3)21(26)5-4-14-28-20-12-10-19(23)11-13-20/h6-13,17H,4-5,14-15H2,1-3H3,(H,24,27). The lowest BCUT2D eigenvalue weighted by Crippen LogP contribution is -2.46. The first-order valence-electron chi connectivity index (χ1n) is 9.35. The van der Waals surface area contributed by atoms with Crippen molar-refractivity contribution in [2.45, 2.75) is 44.2 Å². The summed E-state index contributed by atoms with van der Waals surface area (Å²) in [5.41, 5.74) is 2.19. The van der Waals surface area contributed by atoms with Crippen LogP contribution < -0.4 is 5.32 Å². The Morgan fingerprint density at radius 3 is 2.36 bits per heavy atom. The van der Waals surface area contributed by atoms with Gasteiger partial charge in [-0.15, -0.1) is 11.8 Å². The maximum Gasteiger partial charge on any atom is 0.242 e. The lowest BCUT2D eigenvalue weighted by molar-refractivity contribution is -0.140. The number of nitrogens with zero attached hydrogens (tertiary/aromatic N) is 1. The number of carbonyl (C=O) groups excluding carboxylic acids is 2. The van der Waals surface area contributed by atoms with Crippen LogP contribution in [0.5, 0.6) is 0 Å². The van der Waals surface area contributed by atoms with E-state index in [1.165, 1.54) is 5.56 Å². The predicted molar refractivity (Wildman–Crippen MR) is 117 cm³/mol. The topological polar surface area (TPSA) is 49.4 Å². The third kappa shape index (κ3) is 6.88. The van der Waals surface area contributed by atoms with Crippen molar-refractivity contribution in [3.8, 4) is 0 Å². The highest BCUT2D eigenvalue weighted by molar-refractivity contribution is 7.99. The molecule has 1 N–H and O–H groups in total. The average Bonchev–Trinajstić information content (AvgIpc) is 2.70. The molecule has 0 aromatic heterocycles. The number of amides is 2. The van der Waals surface area contributed by atoms with Gasteiger partial charge in [-0.25, -0.2) is 0 Å². The van der Waals surface area contributed by atoms with E-state index < -0.39 is 6.04 Å². The van der Waals surface area contributed by atoms with Crippen LogP contribution in [0, 0.1) is 6.92 Å². The molecule has 0 saturated heterocycles. The van der Waals surface area contributed by atoms with Crippen LogP contribution in [0.3, 0.4) is 0 Å². The normalized spacial score (nSPS) is 11.7. The number of nitrogens with one attached hydrogen (secondary N) is 1. The average molecular weight is 419 g/mol. The molecule has 2 rings (SSSR count). The van der Waals surface area contributed by atoms with Gasteiger partial charge in [-0.2, -0.15) is 0 Å². The van der Waals surface area contributed by atoms with Crippen LogP contribution in [-0.4, -0.2) is 35.6 Å². The zero-order chi connectivity index (χ0) is 20.5. The maximum atomic E-state index is 12.9. The van der Waals surface area contributed by atoms with E-state index in [-0.39, 0.29) is 11.8 Å². The number of carbonyl (C=O) groups is 2. The Labute approximate surface area is 176 Å². The predicted octanol–water partition coefficient (Wildman–Crippen LogP) is 4.68. The Bertz CT molecular complexity index is 778. The smallest absolute Gasteiger partial charge is 0.242 e. The highest BCUT2D eigenvalue weighted by Gasteiger charge is 2.25. The van der Waals surface area contributed by atoms with E-state index in [0.29, 0.717) is 13.0 Å².